The molecule has 0 saturated heterocycles. The molecule has 104 valence electrons. The van der Waals surface area contributed by atoms with Crippen LogP contribution in [0.5, 0.6) is 5.88 Å². The van der Waals surface area contributed by atoms with Crippen molar-refractivity contribution in [3.63, 3.8) is 0 Å². The summed E-state index contributed by atoms with van der Waals surface area (Å²) in [6.07, 6.45) is 6.21. The molecule has 1 N–H and O–H groups in total. The van der Waals surface area contributed by atoms with Crippen molar-refractivity contribution in [2.45, 2.75) is 45.1 Å². The van der Waals surface area contributed by atoms with Gasteiger partial charge in [0.25, 0.3) is 0 Å². The second-order valence-corrected chi connectivity index (χ2v) is 4.92. The third-order valence-corrected chi connectivity index (χ3v) is 3.67. The summed E-state index contributed by atoms with van der Waals surface area (Å²) in [7, 11) is 0. The summed E-state index contributed by atoms with van der Waals surface area (Å²) in [5, 5.41) is 9.06. The van der Waals surface area contributed by atoms with Gasteiger partial charge in [-0.2, -0.15) is 0 Å². The summed E-state index contributed by atoms with van der Waals surface area (Å²) in [5.41, 5.74) is -0.208. The highest BCUT2D eigenvalue weighted by molar-refractivity contribution is 5.90. The Balaban J connectivity index is 2.20. The Morgan fingerprint density at radius 3 is 2.95 bits per heavy atom. The van der Waals surface area contributed by atoms with Crippen molar-refractivity contribution in [1.82, 2.24) is 4.98 Å². The van der Waals surface area contributed by atoms with Crippen LogP contribution in [0.15, 0.2) is 12.3 Å². The molecule has 1 aromatic heterocycles. The second kappa shape index (κ2) is 5.99. The lowest BCUT2D eigenvalue weighted by Gasteiger charge is -2.31. The molecule has 0 spiro atoms. The van der Waals surface area contributed by atoms with Gasteiger partial charge in [0.2, 0.25) is 5.88 Å². The number of aromatic nitrogens is 1. The van der Waals surface area contributed by atoms with Crippen LogP contribution in [0.1, 0.15) is 49.4 Å². The Labute approximate surface area is 111 Å². The first-order valence-corrected chi connectivity index (χ1v) is 6.67. The number of carboxylic acid groups (broad SMARTS) is 1. The first-order valence-electron chi connectivity index (χ1n) is 6.67. The van der Waals surface area contributed by atoms with Crippen molar-refractivity contribution in [3.8, 4) is 5.88 Å². The fourth-order valence-electron chi connectivity index (χ4n) is 2.61. The monoisotopic (exact) mass is 267 g/mol. The van der Waals surface area contributed by atoms with Crippen LogP contribution in [0.3, 0.4) is 0 Å². The molecule has 1 fully saturated rings. The molecule has 0 radical (unpaired) electrons. The van der Waals surface area contributed by atoms with E-state index in [1.165, 1.54) is 6.42 Å². The number of hydrogen-bond acceptors (Lipinski definition) is 3. The highest BCUT2D eigenvalue weighted by Gasteiger charge is 2.27. The third kappa shape index (κ3) is 3.22. The van der Waals surface area contributed by atoms with E-state index in [-0.39, 0.29) is 17.5 Å². The fourth-order valence-corrected chi connectivity index (χ4v) is 2.61. The van der Waals surface area contributed by atoms with E-state index in [1.54, 1.807) is 0 Å². The van der Waals surface area contributed by atoms with Crippen LogP contribution in [0.2, 0.25) is 0 Å². The minimum Gasteiger partial charge on any atom is -0.477 e. The van der Waals surface area contributed by atoms with E-state index in [9.17, 15) is 9.18 Å². The number of hydrogen-bond donors (Lipinski definition) is 1. The maximum atomic E-state index is 13.0. The minimum atomic E-state index is -1.22. The Bertz CT molecular complexity index is 464. The van der Waals surface area contributed by atoms with E-state index in [2.05, 4.69) is 11.9 Å². The highest BCUT2D eigenvalue weighted by atomic mass is 19.1. The standard InChI is InChI=1S/C14H18FNO3/c1-2-9-5-3-4-6-12(9)19-13-11(14(17)18)7-10(15)8-16-13/h7-9,12H,2-6H2,1H3,(H,17,18). The maximum absolute atomic E-state index is 13.0. The van der Waals surface area contributed by atoms with Crippen molar-refractivity contribution in [3.05, 3.63) is 23.6 Å². The van der Waals surface area contributed by atoms with Gasteiger partial charge in [0, 0.05) is 0 Å². The molecular weight excluding hydrogens is 249 g/mol. The van der Waals surface area contributed by atoms with Gasteiger partial charge in [0.15, 0.2) is 0 Å². The number of rotatable bonds is 4. The average molecular weight is 267 g/mol. The first kappa shape index (κ1) is 13.8. The van der Waals surface area contributed by atoms with Crippen LogP contribution in [0.4, 0.5) is 4.39 Å². The third-order valence-electron chi connectivity index (χ3n) is 3.67. The Morgan fingerprint density at radius 2 is 2.26 bits per heavy atom. The van der Waals surface area contributed by atoms with Crippen LogP contribution in [0.25, 0.3) is 0 Å². The molecule has 5 heteroatoms. The van der Waals surface area contributed by atoms with Gasteiger partial charge in [0.1, 0.15) is 17.5 Å². The lowest BCUT2D eigenvalue weighted by atomic mass is 9.85. The number of carboxylic acids is 1. The summed E-state index contributed by atoms with van der Waals surface area (Å²) in [4.78, 5) is 14.9. The summed E-state index contributed by atoms with van der Waals surface area (Å²) < 4.78 is 18.8. The molecule has 0 aliphatic heterocycles. The number of carbonyl (C=O) groups is 1. The Hall–Kier alpha value is -1.65. The van der Waals surface area contributed by atoms with Crippen molar-refractivity contribution in [1.29, 1.82) is 0 Å². The smallest absolute Gasteiger partial charge is 0.341 e. The first-order chi connectivity index (χ1) is 9.11. The summed E-state index contributed by atoms with van der Waals surface area (Å²) in [6, 6.07) is 0.953. The molecule has 2 rings (SSSR count). The lowest BCUT2D eigenvalue weighted by Crippen LogP contribution is -2.30. The van der Waals surface area contributed by atoms with Crippen molar-refractivity contribution >= 4 is 5.97 Å². The molecule has 1 heterocycles. The fraction of sp³-hybridized carbons (Fsp3) is 0.571. The molecule has 1 aliphatic rings. The lowest BCUT2D eigenvalue weighted by molar-refractivity contribution is 0.0653. The molecule has 0 aromatic carbocycles. The van der Waals surface area contributed by atoms with Crippen LogP contribution < -0.4 is 4.74 Å². The van der Waals surface area contributed by atoms with E-state index in [4.69, 9.17) is 9.84 Å². The zero-order valence-corrected chi connectivity index (χ0v) is 10.9. The predicted molar refractivity (Wildman–Crippen MR) is 67.8 cm³/mol. The average Bonchev–Trinajstić information content (AvgIpc) is 2.41. The summed E-state index contributed by atoms with van der Waals surface area (Å²) >= 11 is 0. The molecule has 4 nitrogen and oxygen atoms in total. The largest absolute Gasteiger partial charge is 0.477 e. The maximum Gasteiger partial charge on any atom is 0.341 e. The van der Waals surface area contributed by atoms with Gasteiger partial charge in [-0.25, -0.2) is 14.2 Å². The van der Waals surface area contributed by atoms with E-state index < -0.39 is 11.8 Å². The van der Waals surface area contributed by atoms with E-state index >= 15 is 0 Å². The number of ether oxygens (including phenoxy) is 1. The normalized spacial score (nSPS) is 23.1. The van der Waals surface area contributed by atoms with Gasteiger partial charge >= 0.3 is 5.97 Å². The van der Waals surface area contributed by atoms with Crippen molar-refractivity contribution in [2.24, 2.45) is 5.92 Å². The second-order valence-electron chi connectivity index (χ2n) is 4.92. The minimum absolute atomic E-state index is 0.0187. The molecule has 0 bridgehead atoms. The summed E-state index contributed by atoms with van der Waals surface area (Å²) in [5.74, 6) is -1.44. The summed E-state index contributed by atoms with van der Waals surface area (Å²) in [6.45, 7) is 2.10. The SMILES string of the molecule is CCC1CCCCC1Oc1ncc(F)cc1C(=O)O. The van der Waals surface area contributed by atoms with Gasteiger partial charge in [-0.1, -0.05) is 13.3 Å². The van der Waals surface area contributed by atoms with E-state index in [0.717, 1.165) is 37.9 Å². The van der Waals surface area contributed by atoms with E-state index in [1.807, 2.05) is 0 Å². The Morgan fingerprint density at radius 1 is 1.53 bits per heavy atom. The van der Waals surface area contributed by atoms with Gasteiger partial charge in [0.05, 0.1) is 6.20 Å². The van der Waals surface area contributed by atoms with E-state index in [0.29, 0.717) is 5.92 Å². The van der Waals surface area contributed by atoms with Gasteiger partial charge in [-0.3, -0.25) is 0 Å². The highest BCUT2D eigenvalue weighted by Crippen LogP contribution is 2.31. The molecule has 2 unspecified atom stereocenters. The molecule has 1 aliphatic carbocycles. The number of aromatic carboxylic acids is 1. The van der Waals surface area contributed by atoms with Crippen LogP contribution >= 0.6 is 0 Å². The molecule has 1 aromatic rings. The van der Waals surface area contributed by atoms with Gasteiger partial charge in [-0.15, -0.1) is 0 Å². The number of pyridine rings is 1. The molecule has 2 atom stereocenters. The zero-order chi connectivity index (χ0) is 13.8. The van der Waals surface area contributed by atoms with Crippen LogP contribution in [-0.4, -0.2) is 22.2 Å². The zero-order valence-electron chi connectivity index (χ0n) is 10.9. The number of nitrogens with zero attached hydrogens (tertiary/aromatic N) is 1. The van der Waals surface area contributed by atoms with Crippen molar-refractivity contribution in [2.75, 3.05) is 0 Å². The van der Waals surface area contributed by atoms with Crippen molar-refractivity contribution < 1.29 is 19.0 Å². The molecule has 19 heavy (non-hydrogen) atoms. The molecular formula is C14H18FNO3. The quantitative estimate of drug-likeness (QED) is 0.909. The van der Waals surface area contributed by atoms with Crippen LogP contribution in [0, 0.1) is 11.7 Å². The topological polar surface area (TPSA) is 59.4 Å². The van der Waals surface area contributed by atoms with Gasteiger partial charge < -0.3 is 9.84 Å². The Kier molecular flexibility index (Phi) is 4.35. The van der Waals surface area contributed by atoms with Gasteiger partial charge in [-0.05, 0) is 37.7 Å². The van der Waals surface area contributed by atoms with Crippen LogP contribution in [-0.2, 0) is 0 Å². The molecule has 1 saturated carbocycles. The molecule has 0 amide bonds. The predicted octanol–water partition coefficient (Wildman–Crippen LogP) is 3.27. The number of halogens is 1.